The summed E-state index contributed by atoms with van der Waals surface area (Å²) >= 11 is 0. The van der Waals surface area contributed by atoms with E-state index in [-0.39, 0.29) is 41.9 Å². The molecule has 6 heteroatoms. The van der Waals surface area contributed by atoms with Crippen LogP contribution in [0.3, 0.4) is 0 Å². The standard InChI is InChI=1S/C27H22F2N2O2/c28-19-10-7-17(8-11-19)5-6-18-9-12-24-22(15-18)26-21(25(16-32)30-24)13-14-31(26)27(33)20-3-1-2-4-23(20)29/h1-4,7-12,15,21,25-26,30,32H,13-14,16H2/t21-,25-,26-/m1/s1. The Hall–Kier alpha value is -3.69. The molecule has 1 saturated heterocycles. The Kier molecular flexibility index (Phi) is 5.57. The van der Waals surface area contributed by atoms with Gasteiger partial charge in [0.15, 0.2) is 0 Å². The zero-order chi connectivity index (χ0) is 22.9. The van der Waals surface area contributed by atoms with Crippen LogP contribution in [0.15, 0.2) is 66.7 Å². The highest BCUT2D eigenvalue weighted by Gasteiger charge is 2.46. The first-order valence-electron chi connectivity index (χ1n) is 10.9. The molecule has 3 atom stereocenters. The van der Waals surface area contributed by atoms with E-state index in [1.165, 1.54) is 24.3 Å². The van der Waals surface area contributed by atoms with Crippen molar-refractivity contribution >= 4 is 11.6 Å². The molecule has 4 nitrogen and oxygen atoms in total. The highest BCUT2D eigenvalue weighted by atomic mass is 19.1. The second-order valence-electron chi connectivity index (χ2n) is 8.37. The van der Waals surface area contributed by atoms with Gasteiger partial charge >= 0.3 is 0 Å². The van der Waals surface area contributed by atoms with Crippen molar-refractivity contribution in [2.75, 3.05) is 18.5 Å². The average molecular weight is 444 g/mol. The minimum atomic E-state index is -0.544. The molecule has 3 aromatic carbocycles. The third-order valence-electron chi connectivity index (χ3n) is 6.43. The van der Waals surface area contributed by atoms with Crippen LogP contribution in [0.25, 0.3) is 0 Å². The lowest BCUT2D eigenvalue weighted by molar-refractivity contribution is 0.0696. The minimum absolute atomic E-state index is 0.00136. The fraction of sp³-hybridized carbons (Fsp3) is 0.222. The van der Waals surface area contributed by atoms with Gasteiger partial charge in [-0.3, -0.25) is 4.79 Å². The van der Waals surface area contributed by atoms with Crippen molar-refractivity contribution in [2.45, 2.75) is 18.5 Å². The number of rotatable bonds is 2. The van der Waals surface area contributed by atoms with Gasteiger partial charge in [-0.2, -0.15) is 0 Å². The molecule has 2 aliphatic heterocycles. The fourth-order valence-electron chi connectivity index (χ4n) is 4.84. The van der Waals surface area contributed by atoms with Gasteiger partial charge in [-0.15, -0.1) is 0 Å². The molecule has 3 aromatic rings. The van der Waals surface area contributed by atoms with Crippen LogP contribution in [0.4, 0.5) is 14.5 Å². The summed E-state index contributed by atoms with van der Waals surface area (Å²) in [5.41, 5.74) is 3.23. The van der Waals surface area contributed by atoms with E-state index in [1.54, 1.807) is 29.2 Å². The summed E-state index contributed by atoms with van der Waals surface area (Å²) in [6.07, 6.45) is 0.702. The quantitative estimate of drug-likeness (QED) is 0.578. The third kappa shape index (κ3) is 3.96. The molecule has 0 aliphatic carbocycles. The first-order valence-corrected chi connectivity index (χ1v) is 10.9. The van der Waals surface area contributed by atoms with Crippen molar-refractivity contribution in [3.05, 3.63) is 101 Å². The molecule has 2 heterocycles. The monoisotopic (exact) mass is 444 g/mol. The fourth-order valence-corrected chi connectivity index (χ4v) is 4.84. The van der Waals surface area contributed by atoms with Crippen LogP contribution in [-0.2, 0) is 0 Å². The number of aliphatic hydroxyl groups excluding tert-OH is 1. The number of hydrogen-bond acceptors (Lipinski definition) is 3. The lowest BCUT2D eigenvalue weighted by Gasteiger charge is -2.39. The molecule has 0 bridgehead atoms. The molecule has 0 saturated carbocycles. The Labute approximate surface area is 190 Å². The lowest BCUT2D eigenvalue weighted by Crippen LogP contribution is -2.43. The molecule has 0 unspecified atom stereocenters. The number of benzene rings is 3. The van der Waals surface area contributed by atoms with E-state index in [4.69, 9.17) is 0 Å². The first kappa shape index (κ1) is 21.2. The zero-order valence-corrected chi connectivity index (χ0v) is 17.8. The van der Waals surface area contributed by atoms with Gasteiger partial charge in [-0.25, -0.2) is 8.78 Å². The maximum absolute atomic E-state index is 14.4. The van der Waals surface area contributed by atoms with Gasteiger partial charge in [0.25, 0.3) is 5.91 Å². The Balaban J connectivity index is 1.52. The van der Waals surface area contributed by atoms with E-state index in [9.17, 15) is 18.7 Å². The number of nitrogens with one attached hydrogen (secondary N) is 1. The highest BCUT2D eigenvalue weighted by Crippen LogP contribution is 2.47. The van der Waals surface area contributed by atoms with Crippen molar-refractivity contribution < 1.29 is 18.7 Å². The van der Waals surface area contributed by atoms with Crippen LogP contribution in [0, 0.1) is 29.4 Å². The molecular formula is C27H22F2N2O2. The van der Waals surface area contributed by atoms with E-state index < -0.39 is 5.82 Å². The molecule has 0 radical (unpaired) electrons. The van der Waals surface area contributed by atoms with E-state index in [0.29, 0.717) is 18.5 Å². The number of likely N-dealkylation sites (tertiary alicyclic amines) is 1. The summed E-state index contributed by atoms with van der Waals surface area (Å²) in [5, 5.41) is 13.3. The largest absolute Gasteiger partial charge is 0.394 e. The predicted molar refractivity (Wildman–Crippen MR) is 122 cm³/mol. The molecule has 0 spiro atoms. The molecule has 0 aromatic heterocycles. The third-order valence-corrected chi connectivity index (χ3v) is 6.43. The molecule has 166 valence electrons. The van der Waals surface area contributed by atoms with Gasteiger partial charge in [-0.05, 0) is 66.6 Å². The van der Waals surface area contributed by atoms with Crippen LogP contribution in [0.5, 0.6) is 0 Å². The van der Waals surface area contributed by atoms with E-state index in [0.717, 1.165) is 16.8 Å². The van der Waals surface area contributed by atoms with E-state index >= 15 is 0 Å². The molecule has 33 heavy (non-hydrogen) atoms. The summed E-state index contributed by atoms with van der Waals surface area (Å²) in [7, 11) is 0. The minimum Gasteiger partial charge on any atom is -0.394 e. The molecule has 5 rings (SSSR count). The molecular weight excluding hydrogens is 422 g/mol. The van der Waals surface area contributed by atoms with Gasteiger partial charge in [0.1, 0.15) is 11.6 Å². The second kappa shape index (κ2) is 8.68. The van der Waals surface area contributed by atoms with Gasteiger partial charge in [0.05, 0.1) is 24.3 Å². The van der Waals surface area contributed by atoms with Crippen molar-refractivity contribution in [3.8, 4) is 11.8 Å². The van der Waals surface area contributed by atoms with Crippen LogP contribution < -0.4 is 5.32 Å². The SMILES string of the molecule is O=C(c1ccccc1F)N1CC[C@@H]2[C@@H](CO)Nc3ccc(C#Cc4ccc(F)cc4)cc3[C@@H]21. The maximum atomic E-state index is 14.4. The van der Waals surface area contributed by atoms with E-state index in [1.807, 2.05) is 18.2 Å². The predicted octanol–water partition coefficient (Wildman–Crippen LogP) is 4.35. The van der Waals surface area contributed by atoms with Crippen molar-refractivity contribution in [1.82, 2.24) is 4.90 Å². The van der Waals surface area contributed by atoms with Crippen molar-refractivity contribution in [3.63, 3.8) is 0 Å². The summed E-state index contributed by atoms with van der Waals surface area (Å²) in [6.45, 7) is 0.417. The summed E-state index contributed by atoms with van der Waals surface area (Å²) in [4.78, 5) is 15.0. The van der Waals surface area contributed by atoms with Gasteiger partial charge in [0.2, 0.25) is 0 Å². The van der Waals surface area contributed by atoms with Crippen molar-refractivity contribution in [2.24, 2.45) is 5.92 Å². The number of fused-ring (bicyclic) bond motifs is 3. The number of amides is 1. The van der Waals surface area contributed by atoms with Crippen LogP contribution in [0.1, 0.15) is 39.5 Å². The highest BCUT2D eigenvalue weighted by molar-refractivity contribution is 5.95. The van der Waals surface area contributed by atoms with E-state index in [2.05, 4.69) is 17.2 Å². The van der Waals surface area contributed by atoms with Gasteiger partial charge in [0, 0.05) is 29.3 Å². The van der Waals surface area contributed by atoms with Crippen LogP contribution in [0.2, 0.25) is 0 Å². The Bertz CT molecular complexity index is 1260. The number of carbonyl (C=O) groups excluding carboxylic acids is 1. The zero-order valence-electron chi connectivity index (χ0n) is 17.8. The smallest absolute Gasteiger partial charge is 0.257 e. The number of carbonyl (C=O) groups is 1. The second-order valence-corrected chi connectivity index (χ2v) is 8.37. The molecule has 2 N–H and O–H groups in total. The number of hydrogen-bond donors (Lipinski definition) is 2. The average Bonchev–Trinajstić information content (AvgIpc) is 3.29. The summed E-state index contributed by atoms with van der Waals surface area (Å²) < 4.78 is 27.5. The molecule has 1 amide bonds. The number of nitrogens with zero attached hydrogens (tertiary/aromatic N) is 1. The number of aliphatic hydroxyl groups is 1. The molecule has 2 aliphatic rings. The Morgan fingerprint density at radius 1 is 1.03 bits per heavy atom. The summed E-state index contributed by atoms with van der Waals surface area (Å²) in [6, 6.07) is 17.2. The Morgan fingerprint density at radius 2 is 1.76 bits per heavy atom. The summed E-state index contributed by atoms with van der Waals surface area (Å²) in [5.74, 6) is 4.93. The first-order chi connectivity index (χ1) is 16.0. The normalized spacial score (nSPS) is 20.8. The van der Waals surface area contributed by atoms with Gasteiger partial charge < -0.3 is 15.3 Å². The van der Waals surface area contributed by atoms with Crippen LogP contribution >= 0.6 is 0 Å². The topological polar surface area (TPSA) is 52.6 Å². The molecule has 1 fully saturated rings. The number of anilines is 1. The van der Waals surface area contributed by atoms with Crippen molar-refractivity contribution in [1.29, 1.82) is 0 Å². The number of halogens is 2. The lowest BCUT2D eigenvalue weighted by atomic mass is 9.82. The Morgan fingerprint density at radius 3 is 2.52 bits per heavy atom. The maximum Gasteiger partial charge on any atom is 0.257 e. The van der Waals surface area contributed by atoms with Gasteiger partial charge in [-0.1, -0.05) is 24.0 Å². The van der Waals surface area contributed by atoms with Crippen LogP contribution in [-0.4, -0.2) is 35.1 Å².